The Morgan fingerprint density at radius 2 is 2.35 bits per heavy atom. The average molecular weight is 291 g/mol. The van der Waals surface area contributed by atoms with Gasteiger partial charge in [0, 0.05) is 11.8 Å². The number of rotatable bonds is 3. The number of hydrogen-bond donors (Lipinski definition) is 1. The van der Waals surface area contributed by atoms with Gasteiger partial charge in [-0.2, -0.15) is 0 Å². The van der Waals surface area contributed by atoms with E-state index in [9.17, 15) is 9.59 Å². The largest absolute Gasteiger partial charge is 0.435 e. The highest BCUT2D eigenvalue weighted by Gasteiger charge is 2.28. The summed E-state index contributed by atoms with van der Waals surface area (Å²) in [5, 5.41) is 4.71. The summed E-state index contributed by atoms with van der Waals surface area (Å²) in [6, 6.07) is 3.88. The van der Waals surface area contributed by atoms with Gasteiger partial charge >= 0.3 is 5.91 Å². The van der Waals surface area contributed by atoms with Crippen molar-refractivity contribution in [2.75, 3.05) is 0 Å². The fourth-order valence-corrected chi connectivity index (χ4v) is 2.66. The summed E-state index contributed by atoms with van der Waals surface area (Å²) in [6.07, 6.45) is 0. The number of oxazole rings is 1. The summed E-state index contributed by atoms with van der Waals surface area (Å²) < 4.78 is 5.42. The van der Waals surface area contributed by atoms with Crippen LogP contribution in [0.15, 0.2) is 21.9 Å². The molecule has 0 aromatic carbocycles. The molecule has 0 atom stereocenters. The molecular weight excluding hydrogens is 278 g/mol. The molecule has 1 aliphatic heterocycles. The van der Waals surface area contributed by atoms with Crippen molar-refractivity contribution in [2.24, 2.45) is 0 Å². The van der Waals surface area contributed by atoms with Crippen molar-refractivity contribution in [1.82, 2.24) is 15.2 Å². The van der Waals surface area contributed by atoms with Gasteiger partial charge in [-0.05, 0) is 11.4 Å². The second-order valence-electron chi connectivity index (χ2n) is 4.53. The van der Waals surface area contributed by atoms with E-state index in [1.807, 2.05) is 17.5 Å². The number of nitrogens with one attached hydrogen (secondary N) is 1. The van der Waals surface area contributed by atoms with Crippen molar-refractivity contribution in [3.05, 3.63) is 39.7 Å². The third kappa shape index (κ3) is 2.44. The number of nitrogens with zero attached hydrogens (tertiary/aromatic N) is 2. The number of fused-ring (bicyclic) bond motifs is 1. The molecule has 1 N–H and O–H groups in total. The zero-order chi connectivity index (χ0) is 14.1. The molecule has 0 fully saturated rings. The first-order chi connectivity index (χ1) is 9.63. The first-order valence-electron chi connectivity index (χ1n) is 6.18. The topological polar surface area (TPSA) is 75.4 Å². The van der Waals surface area contributed by atoms with Crippen LogP contribution in [0.1, 0.15) is 33.9 Å². The van der Waals surface area contributed by atoms with Gasteiger partial charge in [0.05, 0.1) is 19.6 Å². The standard InChI is InChI=1S/C13H13N3O3S/c1-8(17)16-6-10-11(7-16)19-13(15-10)12(18)14-5-9-3-2-4-20-9/h2-4H,5-7H2,1H3,(H,14,18). The average Bonchev–Trinajstić information content (AvgIpc) is 3.10. The third-order valence-electron chi connectivity index (χ3n) is 3.10. The Balaban J connectivity index is 1.63. The van der Waals surface area contributed by atoms with Crippen LogP contribution < -0.4 is 5.32 Å². The smallest absolute Gasteiger partial charge is 0.307 e. The Morgan fingerprint density at radius 1 is 1.50 bits per heavy atom. The lowest BCUT2D eigenvalue weighted by molar-refractivity contribution is -0.129. The SMILES string of the molecule is CC(=O)N1Cc2nc(C(=O)NCc3cccs3)oc2C1. The van der Waals surface area contributed by atoms with Crippen LogP contribution in [-0.4, -0.2) is 21.7 Å². The van der Waals surface area contributed by atoms with Gasteiger partial charge < -0.3 is 14.6 Å². The molecule has 6 nitrogen and oxygen atoms in total. The van der Waals surface area contributed by atoms with Crippen LogP contribution in [-0.2, 0) is 24.4 Å². The van der Waals surface area contributed by atoms with E-state index < -0.39 is 0 Å². The highest BCUT2D eigenvalue weighted by Crippen LogP contribution is 2.23. The Hall–Kier alpha value is -2.15. The van der Waals surface area contributed by atoms with Crippen LogP contribution in [0.2, 0.25) is 0 Å². The van der Waals surface area contributed by atoms with Crippen molar-refractivity contribution in [3.8, 4) is 0 Å². The molecule has 0 bridgehead atoms. The van der Waals surface area contributed by atoms with Crippen LogP contribution >= 0.6 is 11.3 Å². The number of amides is 2. The predicted octanol–water partition coefficient (Wildman–Crippen LogP) is 1.53. The van der Waals surface area contributed by atoms with Crippen LogP contribution in [0, 0.1) is 0 Å². The molecule has 0 radical (unpaired) electrons. The lowest BCUT2D eigenvalue weighted by Crippen LogP contribution is -2.24. The number of aromatic nitrogens is 1. The van der Waals surface area contributed by atoms with E-state index >= 15 is 0 Å². The van der Waals surface area contributed by atoms with Crippen molar-refractivity contribution >= 4 is 23.2 Å². The van der Waals surface area contributed by atoms with Gasteiger partial charge in [-0.25, -0.2) is 4.98 Å². The molecule has 0 aliphatic carbocycles. The van der Waals surface area contributed by atoms with Gasteiger partial charge in [-0.15, -0.1) is 11.3 Å². The fraction of sp³-hybridized carbons (Fsp3) is 0.308. The minimum atomic E-state index is -0.331. The second kappa shape index (κ2) is 5.09. The number of carbonyl (C=O) groups excluding carboxylic acids is 2. The van der Waals surface area contributed by atoms with E-state index in [4.69, 9.17) is 4.42 Å². The van der Waals surface area contributed by atoms with E-state index in [0.717, 1.165) is 4.88 Å². The van der Waals surface area contributed by atoms with Gasteiger partial charge in [0.25, 0.3) is 5.89 Å². The Morgan fingerprint density at radius 3 is 3.00 bits per heavy atom. The molecule has 104 valence electrons. The molecule has 20 heavy (non-hydrogen) atoms. The molecule has 0 unspecified atom stereocenters. The van der Waals surface area contributed by atoms with Gasteiger partial charge in [-0.3, -0.25) is 9.59 Å². The van der Waals surface area contributed by atoms with Crippen molar-refractivity contribution < 1.29 is 14.0 Å². The minimum Gasteiger partial charge on any atom is -0.435 e. The lowest BCUT2D eigenvalue weighted by atomic mass is 10.4. The Kier molecular flexibility index (Phi) is 3.27. The van der Waals surface area contributed by atoms with E-state index in [2.05, 4.69) is 10.3 Å². The number of carbonyl (C=O) groups is 2. The quantitative estimate of drug-likeness (QED) is 0.930. The zero-order valence-corrected chi connectivity index (χ0v) is 11.7. The first-order valence-corrected chi connectivity index (χ1v) is 7.06. The molecule has 3 rings (SSSR count). The maximum absolute atomic E-state index is 11.9. The van der Waals surface area contributed by atoms with Crippen molar-refractivity contribution in [2.45, 2.75) is 26.6 Å². The fourth-order valence-electron chi connectivity index (χ4n) is 2.02. The van der Waals surface area contributed by atoms with Gasteiger partial charge in [0.15, 0.2) is 0 Å². The second-order valence-corrected chi connectivity index (χ2v) is 5.56. The summed E-state index contributed by atoms with van der Waals surface area (Å²) in [4.78, 5) is 30.0. The van der Waals surface area contributed by atoms with E-state index in [1.165, 1.54) is 6.92 Å². The monoisotopic (exact) mass is 291 g/mol. The van der Waals surface area contributed by atoms with Crippen molar-refractivity contribution in [3.63, 3.8) is 0 Å². The third-order valence-corrected chi connectivity index (χ3v) is 3.97. The van der Waals surface area contributed by atoms with Gasteiger partial charge in [0.2, 0.25) is 5.91 Å². The molecular formula is C13H13N3O3S. The van der Waals surface area contributed by atoms with E-state index in [-0.39, 0.29) is 17.7 Å². The molecule has 1 aliphatic rings. The number of thiophene rings is 1. The predicted molar refractivity (Wildman–Crippen MR) is 71.9 cm³/mol. The number of hydrogen-bond acceptors (Lipinski definition) is 5. The van der Waals surface area contributed by atoms with E-state index in [1.54, 1.807) is 16.2 Å². The van der Waals surface area contributed by atoms with Crippen LogP contribution in [0.4, 0.5) is 0 Å². The molecule has 0 saturated carbocycles. The van der Waals surface area contributed by atoms with E-state index in [0.29, 0.717) is 31.1 Å². The molecule has 2 aromatic rings. The molecule has 0 saturated heterocycles. The van der Waals surface area contributed by atoms with Crippen LogP contribution in [0.25, 0.3) is 0 Å². The molecule has 0 spiro atoms. The normalized spacial score (nSPS) is 13.3. The maximum atomic E-state index is 11.9. The summed E-state index contributed by atoms with van der Waals surface area (Å²) in [5.74, 6) is 0.306. The molecule has 3 heterocycles. The highest BCUT2D eigenvalue weighted by atomic mass is 32.1. The van der Waals surface area contributed by atoms with Gasteiger partial charge in [0.1, 0.15) is 11.5 Å². The van der Waals surface area contributed by atoms with Crippen LogP contribution in [0.3, 0.4) is 0 Å². The highest BCUT2D eigenvalue weighted by molar-refractivity contribution is 7.09. The molecule has 2 aromatic heterocycles. The minimum absolute atomic E-state index is 0.0260. The zero-order valence-electron chi connectivity index (χ0n) is 10.9. The first kappa shape index (κ1) is 12.9. The maximum Gasteiger partial charge on any atom is 0.307 e. The van der Waals surface area contributed by atoms with Crippen molar-refractivity contribution in [1.29, 1.82) is 0 Å². The summed E-state index contributed by atoms with van der Waals surface area (Å²) >= 11 is 1.58. The molecule has 7 heteroatoms. The molecule has 2 amide bonds. The summed E-state index contributed by atoms with van der Waals surface area (Å²) in [6.45, 7) is 2.76. The van der Waals surface area contributed by atoms with Crippen LogP contribution in [0.5, 0.6) is 0 Å². The lowest BCUT2D eigenvalue weighted by Gasteiger charge is -2.10. The van der Waals surface area contributed by atoms with Gasteiger partial charge in [-0.1, -0.05) is 6.07 Å². The Labute approximate surface area is 119 Å². The summed E-state index contributed by atoms with van der Waals surface area (Å²) in [7, 11) is 0. The Bertz CT molecular complexity index is 624. The summed E-state index contributed by atoms with van der Waals surface area (Å²) in [5.41, 5.74) is 0.668.